The van der Waals surface area contributed by atoms with Gasteiger partial charge in [0.15, 0.2) is 0 Å². The zero-order valence-electron chi connectivity index (χ0n) is 13.2. The summed E-state index contributed by atoms with van der Waals surface area (Å²) < 4.78 is 0. The first-order valence-corrected chi connectivity index (χ1v) is 7.64. The second-order valence-electron chi connectivity index (χ2n) is 5.99. The first-order valence-electron chi connectivity index (χ1n) is 7.64. The van der Waals surface area contributed by atoms with Crippen molar-refractivity contribution in [1.29, 1.82) is 0 Å². The minimum Gasteiger partial charge on any atom is -0.342 e. The smallest absolute Gasteiger partial charge is 0.246 e. The number of hydrogen-bond donors (Lipinski definition) is 1. The van der Waals surface area contributed by atoms with Crippen LogP contribution in [-0.2, 0) is 9.59 Å². The summed E-state index contributed by atoms with van der Waals surface area (Å²) in [6.45, 7) is 7.77. The maximum absolute atomic E-state index is 12.8. The molecule has 21 heavy (non-hydrogen) atoms. The molecule has 1 saturated heterocycles. The normalized spacial score (nSPS) is 24.1. The van der Waals surface area contributed by atoms with Crippen molar-refractivity contribution in [2.45, 2.75) is 52.2 Å². The minimum atomic E-state index is -0.433. The molecule has 0 aliphatic carbocycles. The molecule has 3 unspecified atom stereocenters. The molecule has 114 valence electrons. The van der Waals surface area contributed by atoms with E-state index in [2.05, 4.69) is 12.2 Å². The van der Waals surface area contributed by atoms with Crippen LogP contribution in [0.2, 0.25) is 0 Å². The Hall–Kier alpha value is -1.84. The third kappa shape index (κ3) is 2.94. The predicted octanol–water partition coefficient (Wildman–Crippen LogP) is 2.51. The molecule has 0 saturated carbocycles. The predicted molar refractivity (Wildman–Crippen MR) is 82.6 cm³/mol. The molecule has 3 atom stereocenters. The molecule has 1 aliphatic heterocycles. The molecule has 2 rings (SSSR count). The van der Waals surface area contributed by atoms with E-state index in [1.807, 2.05) is 44.2 Å². The van der Waals surface area contributed by atoms with Crippen LogP contribution in [0.4, 0.5) is 0 Å². The van der Waals surface area contributed by atoms with Crippen LogP contribution in [0.25, 0.3) is 0 Å². The number of piperazine rings is 1. The number of carbonyl (C=O) groups excluding carboxylic acids is 2. The molecule has 1 aromatic rings. The van der Waals surface area contributed by atoms with Gasteiger partial charge < -0.3 is 10.2 Å². The molecule has 0 aromatic heterocycles. The molecule has 0 bridgehead atoms. The molecule has 4 heteroatoms. The Morgan fingerprint density at radius 1 is 1.19 bits per heavy atom. The Morgan fingerprint density at radius 3 is 2.33 bits per heavy atom. The van der Waals surface area contributed by atoms with E-state index >= 15 is 0 Å². The molecule has 0 radical (unpaired) electrons. The van der Waals surface area contributed by atoms with Crippen LogP contribution in [0.1, 0.15) is 45.7 Å². The lowest BCUT2D eigenvalue weighted by Crippen LogP contribution is -2.64. The SMILES string of the molecule is CCC(c1ccccc1)N1C(=O)C(C(C)C)NC(=O)C1C. The molecule has 0 spiro atoms. The summed E-state index contributed by atoms with van der Waals surface area (Å²) >= 11 is 0. The van der Waals surface area contributed by atoms with Gasteiger partial charge in [0.2, 0.25) is 11.8 Å². The lowest BCUT2D eigenvalue weighted by Gasteiger charge is -2.43. The molecule has 1 N–H and O–H groups in total. The lowest BCUT2D eigenvalue weighted by molar-refractivity contribution is -0.153. The summed E-state index contributed by atoms with van der Waals surface area (Å²) in [7, 11) is 0. The van der Waals surface area contributed by atoms with Crippen LogP contribution in [0, 0.1) is 5.92 Å². The highest BCUT2D eigenvalue weighted by molar-refractivity contribution is 5.97. The Bertz CT molecular complexity index is 513. The largest absolute Gasteiger partial charge is 0.342 e. The third-order valence-electron chi connectivity index (χ3n) is 4.19. The first kappa shape index (κ1) is 15.5. The molecule has 1 aliphatic rings. The second-order valence-corrected chi connectivity index (χ2v) is 5.99. The zero-order valence-corrected chi connectivity index (χ0v) is 13.2. The van der Waals surface area contributed by atoms with Crippen molar-refractivity contribution < 1.29 is 9.59 Å². The average molecular weight is 288 g/mol. The van der Waals surface area contributed by atoms with Crippen molar-refractivity contribution in [3.05, 3.63) is 35.9 Å². The van der Waals surface area contributed by atoms with E-state index in [0.29, 0.717) is 0 Å². The number of benzene rings is 1. The Balaban J connectivity index is 2.37. The summed E-state index contributed by atoms with van der Waals surface area (Å²) in [6.07, 6.45) is 0.790. The van der Waals surface area contributed by atoms with Gasteiger partial charge in [-0.1, -0.05) is 51.1 Å². The van der Waals surface area contributed by atoms with Crippen LogP contribution in [0.5, 0.6) is 0 Å². The highest BCUT2D eigenvalue weighted by Gasteiger charge is 2.42. The number of nitrogens with zero attached hydrogens (tertiary/aromatic N) is 1. The second kappa shape index (κ2) is 6.29. The quantitative estimate of drug-likeness (QED) is 0.925. The van der Waals surface area contributed by atoms with E-state index in [1.165, 1.54) is 0 Å². The monoisotopic (exact) mass is 288 g/mol. The summed E-state index contributed by atoms with van der Waals surface area (Å²) in [6, 6.07) is 9.02. The third-order valence-corrected chi connectivity index (χ3v) is 4.19. The van der Waals surface area contributed by atoms with Crippen LogP contribution < -0.4 is 5.32 Å². The fourth-order valence-electron chi connectivity index (χ4n) is 2.96. The van der Waals surface area contributed by atoms with Gasteiger partial charge in [-0.15, -0.1) is 0 Å². The molecular formula is C17H24N2O2. The number of nitrogens with one attached hydrogen (secondary N) is 1. The average Bonchev–Trinajstić information content (AvgIpc) is 2.48. The van der Waals surface area contributed by atoms with Crippen molar-refractivity contribution >= 4 is 11.8 Å². The van der Waals surface area contributed by atoms with Gasteiger partial charge in [0.05, 0.1) is 6.04 Å². The van der Waals surface area contributed by atoms with Gasteiger partial charge in [0.25, 0.3) is 0 Å². The fraction of sp³-hybridized carbons (Fsp3) is 0.529. The molecule has 1 fully saturated rings. The molecule has 1 aromatic carbocycles. The highest BCUT2D eigenvalue weighted by atomic mass is 16.2. The minimum absolute atomic E-state index is 0.0211. The Kier molecular flexibility index (Phi) is 4.66. The van der Waals surface area contributed by atoms with Gasteiger partial charge in [0, 0.05) is 0 Å². The van der Waals surface area contributed by atoms with E-state index in [4.69, 9.17) is 0 Å². The highest BCUT2D eigenvalue weighted by Crippen LogP contribution is 2.29. The summed E-state index contributed by atoms with van der Waals surface area (Å²) in [4.78, 5) is 26.8. The Morgan fingerprint density at radius 2 is 1.81 bits per heavy atom. The van der Waals surface area contributed by atoms with Gasteiger partial charge >= 0.3 is 0 Å². The van der Waals surface area contributed by atoms with Crippen LogP contribution >= 0.6 is 0 Å². The topological polar surface area (TPSA) is 49.4 Å². The van der Waals surface area contributed by atoms with Gasteiger partial charge in [-0.25, -0.2) is 0 Å². The maximum atomic E-state index is 12.8. The summed E-state index contributed by atoms with van der Waals surface area (Å²) in [5.41, 5.74) is 1.08. The number of amides is 2. The van der Waals surface area contributed by atoms with E-state index in [0.717, 1.165) is 12.0 Å². The summed E-state index contributed by atoms with van der Waals surface area (Å²) in [5.74, 6) is 0.0419. The van der Waals surface area contributed by atoms with Crippen LogP contribution in [0.15, 0.2) is 30.3 Å². The first-order chi connectivity index (χ1) is 9.97. The standard InChI is InChI=1S/C17H24N2O2/c1-5-14(13-9-7-6-8-10-13)19-12(4)16(20)18-15(11(2)3)17(19)21/h6-12,14-15H,5H2,1-4H3,(H,18,20). The van der Waals surface area contributed by atoms with Crippen LogP contribution in [0.3, 0.4) is 0 Å². The van der Waals surface area contributed by atoms with E-state index in [9.17, 15) is 9.59 Å². The van der Waals surface area contributed by atoms with Crippen molar-refractivity contribution in [2.24, 2.45) is 5.92 Å². The van der Waals surface area contributed by atoms with Gasteiger partial charge in [0.1, 0.15) is 12.1 Å². The van der Waals surface area contributed by atoms with Crippen molar-refractivity contribution in [3.8, 4) is 0 Å². The molecular weight excluding hydrogens is 264 g/mol. The molecule has 2 amide bonds. The molecule has 4 nitrogen and oxygen atoms in total. The number of hydrogen-bond acceptors (Lipinski definition) is 2. The van der Waals surface area contributed by atoms with Crippen LogP contribution in [-0.4, -0.2) is 28.8 Å². The van der Waals surface area contributed by atoms with Gasteiger partial charge in [-0.05, 0) is 24.8 Å². The lowest BCUT2D eigenvalue weighted by atomic mass is 9.93. The fourth-order valence-corrected chi connectivity index (χ4v) is 2.96. The van der Waals surface area contributed by atoms with Crippen molar-refractivity contribution in [2.75, 3.05) is 0 Å². The van der Waals surface area contributed by atoms with Crippen molar-refractivity contribution in [1.82, 2.24) is 10.2 Å². The van der Waals surface area contributed by atoms with Crippen molar-refractivity contribution in [3.63, 3.8) is 0 Å². The summed E-state index contributed by atoms with van der Waals surface area (Å²) in [5, 5.41) is 2.85. The maximum Gasteiger partial charge on any atom is 0.246 e. The van der Waals surface area contributed by atoms with Gasteiger partial charge in [-0.3, -0.25) is 9.59 Å². The van der Waals surface area contributed by atoms with E-state index < -0.39 is 12.1 Å². The molecule has 1 heterocycles. The van der Waals surface area contributed by atoms with E-state index in [1.54, 1.807) is 11.8 Å². The number of carbonyl (C=O) groups is 2. The zero-order chi connectivity index (χ0) is 15.6. The van der Waals surface area contributed by atoms with E-state index in [-0.39, 0.29) is 23.8 Å². The Labute approximate surface area is 126 Å². The van der Waals surface area contributed by atoms with Gasteiger partial charge in [-0.2, -0.15) is 0 Å². The number of rotatable bonds is 4.